The van der Waals surface area contributed by atoms with E-state index in [1.54, 1.807) is 13.8 Å². The number of ether oxygens (including phenoxy) is 2. The molecule has 4 atom stereocenters. The highest BCUT2D eigenvalue weighted by atomic mass is 16.6. The fraction of sp³-hybridized carbons (Fsp3) is 1.00. The van der Waals surface area contributed by atoms with Gasteiger partial charge >= 0.3 is 0 Å². The molecule has 0 saturated carbocycles. The molecule has 45 heavy (non-hydrogen) atoms. The fourth-order valence-corrected chi connectivity index (χ4v) is 7.24. The molecule has 1 fully saturated rings. The summed E-state index contributed by atoms with van der Waals surface area (Å²) in [5, 5.41) is 0. The second-order valence-corrected chi connectivity index (χ2v) is 12.6. The van der Waals surface area contributed by atoms with Crippen molar-refractivity contribution in [3.8, 4) is 0 Å². The summed E-state index contributed by atoms with van der Waals surface area (Å²) in [6.07, 6.45) is -16.8. The predicted octanol–water partition coefficient (Wildman–Crippen LogP) is -13.5. The van der Waals surface area contributed by atoms with Crippen molar-refractivity contribution in [3.63, 3.8) is 0 Å². The van der Waals surface area contributed by atoms with E-state index in [-0.39, 0.29) is 0 Å². The van der Waals surface area contributed by atoms with Gasteiger partial charge < -0.3 is 9.47 Å². The summed E-state index contributed by atoms with van der Waals surface area (Å²) >= 11 is 0. The van der Waals surface area contributed by atoms with Gasteiger partial charge in [-0.2, -0.15) is 0 Å². The predicted molar refractivity (Wildman–Crippen MR) is 242 cm³/mol. The molecule has 0 spiro atoms. The van der Waals surface area contributed by atoms with Crippen LogP contribution in [0.25, 0.3) is 0 Å². The maximum atomic E-state index is 6.72. The van der Waals surface area contributed by atoms with Crippen LogP contribution in [0.3, 0.4) is 0 Å². The Morgan fingerprint density at radius 3 is 0.867 bits per heavy atom. The van der Waals surface area contributed by atoms with E-state index in [1.807, 2.05) is 0 Å². The zero-order valence-corrected chi connectivity index (χ0v) is 26.5. The fourth-order valence-electron chi connectivity index (χ4n) is 7.24. The smallest absolute Gasteiger partial charge is 0.0837 e. The first-order valence-electron chi connectivity index (χ1n) is 15.1. The van der Waals surface area contributed by atoms with Gasteiger partial charge in [0, 0.05) is 262 Å². The van der Waals surface area contributed by atoms with Gasteiger partial charge in [0.05, 0.1) is 25.2 Å². The molecule has 1 aliphatic rings. The molecule has 39 radical (unpaired) electrons. The molecule has 4 unspecified atom stereocenters. The molecule has 1 rings (SSSR count). The second-order valence-electron chi connectivity index (χ2n) is 12.6. The lowest BCUT2D eigenvalue weighted by atomic mass is 8.41. The SMILES string of the molecule is [B][B]B(B([B])[B])B(B([B])[B])B(B(B([B])[B])B([B])[B])C1OC(C)C(C)OC1B(B(B([B])[B])B([B])[B])B(B([B])[B])B(B([B])[B])B([B])[B]. The Bertz CT molecular complexity index is 793. The molecule has 1 aliphatic heterocycles. The van der Waals surface area contributed by atoms with Gasteiger partial charge in [-0.05, 0) is 13.8 Å². The Balaban J connectivity index is 4.33. The molecule has 1 saturated heterocycles. The highest BCUT2D eigenvalue weighted by Gasteiger charge is 2.58. The zero-order valence-electron chi connectivity index (χ0n) is 26.5. The van der Waals surface area contributed by atoms with Gasteiger partial charge in [0.1, 0.15) is 0 Å². The first-order chi connectivity index (χ1) is 20.6. The summed E-state index contributed by atoms with van der Waals surface area (Å²) in [5.41, 5.74) is 0. The van der Waals surface area contributed by atoms with Crippen LogP contribution >= 0.6 is 0 Å². The van der Waals surface area contributed by atoms with Crippen molar-refractivity contribution in [2.45, 2.75) is 38.1 Å². The minimum Gasteiger partial charge on any atom is -0.381 e. The van der Waals surface area contributed by atoms with Crippen LogP contribution in [0.5, 0.6) is 0 Å². The van der Waals surface area contributed by atoms with Gasteiger partial charge in [-0.25, -0.2) is 0 Å². The van der Waals surface area contributed by atoms with Crippen LogP contribution in [-0.4, -0.2) is 287 Å². The van der Waals surface area contributed by atoms with Crippen molar-refractivity contribution in [1.29, 1.82) is 0 Å². The van der Waals surface area contributed by atoms with Crippen molar-refractivity contribution in [3.05, 3.63) is 0 Å². The third-order valence-electron chi connectivity index (χ3n) is 9.38. The molecular weight excluding hydrogens is 504 g/mol. The van der Waals surface area contributed by atoms with E-state index < -0.39 is 133 Å². The summed E-state index contributed by atoms with van der Waals surface area (Å²) in [7, 11) is 121. The van der Waals surface area contributed by atoms with E-state index >= 15 is 0 Å². The second kappa shape index (κ2) is 20.4. The lowest BCUT2D eigenvalue weighted by Crippen LogP contribution is -2.87. The number of rotatable bonds is 18. The van der Waals surface area contributed by atoms with Crippen LogP contribution in [0.1, 0.15) is 13.8 Å². The minimum atomic E-state index is -1.18. The van der Waals surface area contributed by atoms with Crippen molar-refractivity contribution < 1.29 is 9.47 Å². The monoisotopic (exact) mass is 521 g/mol. The summed E-state index contributed by atoms with van der Waals surface area (Å²) in [4.78, 5) is 0. The van der Waals surface area contributed by atoms with E-state index in [2.05, 4.69) is 0 Å². The third kappa shape index (κ3) is 11.7. The average molecular weight is 514 g/mol. The zero-order chi connectivity index (χ0) is 35.2. The molecule has 0 aromatic carbocycles. The van der Waals surface area contributed by atoms with Gasteiger partial charge in [-0.3, -0.25) is 0 Å². The molecule has 0 aliphatic carbocycles. The van der Waals surface area contributed by atoms with Gasteiger partial charge in [0.2, 0.25) is 0 Å². The van der Waals surface area contributed by atoms with Gasteiger partial charge in [0.15, 0.2) is 0 Å². The first kappa shape index (κ1) is 45.3. The van der Waals surface area contributed by atoms with Crippen LogP contribution in [0.15, 0.2) is 0 Å². The molecule has 0 aromatic rings. The summed E-state index contributed by atoms with van der Waals surface area (Å²) < 4.78 is 13.4. The van der Waals surface area contributed by atoms with Crippen molar-refractivity contribution in [2.24, 2.45) is 0 Å². The number of hydrogen-bond acceptors (Lipinski definition) is 2. The minimum absolute atomic E-state index is 0.537. The van der Waals surface area contributed by atoms with E-state index in [0.29, 0.717) is 0 Å². The maximum Gasteiger partial charge on any atom is 0.0837 e. The molecule has 157 valence electrons. The summed E-state index contributed by atoms with van der Waals surface area (Å²) in [6, 6.07) is -2.15. The Labute approximate surface area is 308 Å². The van der Waals surface area contributed by atoms with Crippen molar-refractivity contribution in [1.82, 2.24) is 0 Å². The average Bonchev–Trinajstić information content (AvgIpc) is 2.87. The molecule has 0 N–H and O–H groups in total. The van der Waals surface area contributed by atoms with Crippen LogP contribution < -0.4 is 0 Å². The molecular formula is C6H10B37O2. The Hall–Kier alpha value is 2.32. The Morgan fingerprint density at radius 1 is 0.378 bits per heavy atom. The summed E-state index contributed by atoms with van der Waals surface area (Å²) in [5.74, 6) is 0. The van der Waals surface area contributed by atoms with Gasteiger partial charge in [0.25, 0.3) is 0 Å². The lowest BCUT2D eigenvalue weighted by Gasteiger charge is -2.55. The lowest BCUT2D eigenvalue weighted by molar-refractivity contribution is -0.159. The largest absolute Gasteiger partial charge is 0.381 e. The van der Waals surface area contributed by atoms with E-state index in [0.717, 1.165) is 0 Å². The Kier molecular flexibility index (Phi) is 20.5. The Morgan fingerprint density at radius 2 is 0.644 bits per heavy atom. The van der Waals surface area contributed by atoms with Crippen LogP contribution in [0.4, 0.5) is 0 Å². The molecule has 0 bridgehead atoms. The quantitative estimate of drug-likeness (QED) is 0.170. The van der Waals surface area contributed by atoms with Crippen LogP contribution in [-0.2, 0) is 9.47 Å². The third-order valence-corrected chi connectivity index (χ3v) is 9.38. The molecule has 1 heterocycles. The van der Waals surface area contributed by atoms with Crippen molar-refractivity contribution in [2.75, 3.05) is 0 Å². The maximum absolute atomic E-state index is 6.72. The van der Waals surface area contributed by atoms with Crippen LogP contribution in [0.2, 0.25) is 0 Å². The van der Waals surface area contributed by atoms with Crippen LogP contribution in [0, 0.1) is 0 Å². The molecule has 0 aromatic heterocycles. The summed E-state index contributed by atoms with van der Waals surface area (Å²) in [6.45, 7) is 1.66. The molecule has 39 heteroatoms. The van der Waals surface area contributed by atoms with E-state index in [1.165, 1.54) is 7.06 Å². The first-order valence-corrected chi connectivity index (χ1v) is 15.1. The highest BCUT2D eigenvalue weighted by molar-refractivity contribution is 8.16. The van der Waals surface area contributed by atoms with Crippen molar-refractivity contribution >= 4 is 263 Å². The normalized spacial score (nSPS) is 18.6. The van der Waals surface area contributed by atoms with Gasteiger partial charge in [-0.15, -0.1) is 0 Å². The van der Waals surface area contributed by atoms with Gasteiger partial charge in [-0.1, -0.05) is 0 Å². The topological polar surface area (TPSA) is 18.5 Å². The standard InChI is InChI=1S/C6H10B37O2/c1-3-4(2)45-6(28(40(32(14)15)33(16)17)42(35(20)21)43(36(22)23)37(24)25)5(44-3)27(39(30(10)11)31(12)13)41(34(18)19)38(26-7)29(8)9/h3-6H,1-2H3. The van der Waals surface area contributed by atoms with E-state index in [4.69, 9.17) is 156 Å². The number of hydrogen-bond donors (Lipinski definition) is 0. The van der Waals surface area contributed by atoms with E-state index in [9.17, 15) is 0 Å². The molecule has 2 nitrogen and oxygen atoms in total. The molecule has 0 amide bonds. The highest BCUT2D eigenvalue weighted by Crippen LogP contribution is 2.29.